The van der Waals surface area contributed by atoms with Gasteiger partial charge in [0.15, 0.2) is 0 Å². The highest BCUT2D eigenvalue weighted by molar-refractivity contribution is 5.53. The number of hydrogen-bond acceptors (Lipinski definition) is 4. The second-order valence-corrected chi connectivity index (χ2v) is 5.78. The van der Waals surface area contributed by atoms with Crippen LogP contribution < -0.4 is 19.5 Å². The van der Waals surface area contributed by atoms with Crippen molar-refractivity contribution >= 4 is 0 Å². The Hall–Kier alpha value is -1.42. The van der Waals surface area contributed by atoms with E-state index in [0.717, 1.165) is 35.8 Å². The van der Waals surface area contributed by atoms with Crippen LogP contribution >= 0.6 is 0 Å². The van der Waals surface area contributed by atoms with Crippen LogP contribution in [0, 0.1) is 5.41 Å². The molecule has 4 nitrogen and oxygen atoms in total. The summed E-state index contributed by atoms with van der Waals surface area (Å²) in [6, 6.07) is 3.96. The SMILES string of the molecule is CCNC(c1c(OC)cc(OC)cc1OC)C(C)(C)CC. The van der Waals surface area contributed by atoms with Crippen LogP contribution in [0.25, 0.3) is 0 Å². The molecule has 0 amide bonds. The average molecular weight is 295 g/mol. The van der Waals surface area contributed by atoms with Gasteiger partial charge in [-0.15, -0.1) is 0 Å². The molecule has 1 aromatic carbocycles. The van der Waals surface area contributed by atoms with Crippen LogP contribution in [-0.4, -0.2) is 27.9 Å². The van der Waals surface area contributed by atoms with Crippen molar-refractivity contribution in [1.29, 1.82) is 0 Å². The molecule has 0 bridgehead atoms. The van der Waals surface area contributed by atoms with E-state index in [-0.39, 0.29) is 11.5 Å². The average Bonchev–Trinajstić information content (AvgIpc) is 2.51. The van der Waals surface area contributed by atoms with Crippen LogP contribution in [0.3, 0.4) is 0 Å². The van der Waals surface area contributed by atoms with Gasteiger partial charge in [-0.3, -0.25) is 0 Å². The zero-order valence-corrected chi connectivity index (χ0v) is 14.4. The Morgan fingerprint density at radius 2 is 1.52 bits per heavy atom. The van der Waals surface area contributed by atoms with E-state index in [9.17, 15) is 0 Å². The molecule has 0 aliphatic heterocycles. The molecule has 4 heteroatoms. The minimum Gasteiger partial charge on any atom is -0.496 e. The molecule has 0 saturated heterocycles. The van der Waals surface area contributed by atoms with Crippen LogP contribution in [-0.2, 0) is 0 Å². The maximum Gasteiger partial charge on any atom is 0.131 e. The molecular formula is C17H29NO3. The molecule has 0 heterocycles. The lowest BCUT2D eigenvalue weighted by molar-refractivity contribution is 0.225. The first kappa shape index (κ1) is 17.6. The largest absolute Gasteiger partial charge is 0.496 e. The Bertz CT molecular complexity index is 432. The summed E-state index contributed by atoms with van der Waals surface area (Å²) in [5.74, 6) is 2.31. The van der Waals surface area contributed by atoms with E-state index in [1.54, 1.807) is 21.3 Å². The van der Waals surface area contributed by atoms with Gasteiger partial charge >= 0.3 is 0 Å². The second-order valence-electron chi connectivity index (χ2n) is 5.78. The Labute approximate surface area is 128 Å². The summed E-state index contributed by atoms with van der Waals surface area (Å²) in [6.45, 7) is 9.70. The fourth-order valence-electron chi connectivity index (χ4n) is 2.49. The molecule has 0 aliphatic rings. The zero-order valence-electron chi connectivity index (χ0n) is 14.4. The highest BCUT2D eigenvalue weighted by Crippen LogP contribution is 2.46. The van der Waals surface area contributed by atoms with Gasteiger partial charge in [0.05, 0.1) is 26.9 Å². The molecule has 0 saturated carbocycles. The summed E-state index contributed by atoms with van der Waals surface area (Å²) in [4.78, 5) is 0. The molecule has 1 unspecified atom stereocenters. The topological polar surface area (TPSA) is 39.7 Å². The van der Waals surface area contributed by atoms with Gasteiger partial charge < -0.3 is 19.5 Å². The quantitative estimate of drug-likeness (QED) is 0.792. The first-order valence-corrected chi connectivity index (χ1v) is 7.48. The third-order valence-corrected chi connectivity index (χ3v) is 4.14. The van der Waals surface area contributed by atoms with E-state index in [1.807, 2.05) is 12.1 Å². The molecule has 1 aromatic rings. The lowest BCUT2D eigenvalue weighted by Gasteiger charge is -2.36. The van der Waals surface area contributed by atoms with Gasteiger partial charge in [0.2, 0.25) is 0 Å². The molecule has 1 rings (SSSR count). The summed E-state index contributed by atoms with van der Waals surface area (Å²) in [5.41, 5.74) is 1.13. The van der Waals surface area contributed by atoms with Crippen LogP contribution in [0.2, 0.25) is 0 Å². The molecule has 21 heavy (non-hydrogen) atoms. The predicted octanol–water partition coefficient (Wildman–Crippen LogP) is 3.80. The lowest BCUT2D eigenvalue weighted by Crippen LogP contribution is -2.34. The molecule has 120 valence electrons. The number of nitrogens with one attached hydrogen (secondary N) is 1. The molecule has 0 radical (unpaired) electrons. The van der Waals surface area contributed by atoms with Gasteiger partial charge in [0.25, 0.3) is 0 Å². The number of benzene rings is 1. The smallest absolute Gasteiger partial charge is 0.131 e. The third kappa shape index (κ3) is 3.82. The van der Waals surface area contributed by atoms with E-state index in [1.165, 1.54) is 0 Å². The van der Waals surface area contributed by atoms with Gasteiger partial charge in [-0.1, -0.05) is 27.7 Å². The van der Waals surface area contributed by atoms with E-state index in [4.69, 9.17) is 14.2 Å². The van der Waals surface area contributed by atoms with E-state index in [0.29, 0.717) is 0 Å². The van der Waals surface area contributed by atoms with E-state index in [2.05, 4.69) is 33.0 Å². The zero-order chi connectivity index (χ0) is 16.0. The van der Waals surface area contributed by atoms with Crippen molar-refractivity contribution < 1.29 is 14.2 Å². The minimum atomic E-state index is 0.0746. The Morgan fingerprint density at radius 1 is 1.00 bits per heavy atom. The van der Waals surface area contributed by atoms with Crippen LogP contribution in [0.4, 0.5) is 0 Å². The molecule has 0 aromatic heterocycles. The number of methoxy groups -OCH3 is 3. The standard InChI is InChI=1S/C17H29NO3/c1-8-17(3,4)16(18-9-2)15-13(20-6)10-12(19-5)11-14(15)21-7/h10-11,16,18H,8-9H2,1-7H3. The highest BCUT2D eigenvalue weighted by Gasteiger charge is 2.33. The molecule has 0 aliphatic carbocycles. The van der Waals surface area contributed by atoms with Crippen molar-refractivity contribution in [2.75, 3.05) is 27.9 Å². The van der Waals surface area contributed by atoms with Crippen LogP contribution in [0.15, 0.2) is 12.1 Å². The van der Waals surface area contributed by atoms with Crippen molar-refractivity contribution in [3.05, 3.63) is 17.7 Å². The summed E-state index contributed by atoms with van der Waals surface area (Å²) in [7, 11) is 5.00. The van der Waals surface area contributed by atoms with Crippen molar-refractivity contribution in [2.45, 2.75) is 40.2 Å². The summed E-state index contributed by atoms with van der Waals surface area (Å²) < 4.78 is 16.5. The first-order valence-electron chi connectivity index (χ1n) is 7.48. The summed E-state index contributed by atoms with van der Waals surface area (Å²) >= 11 is 0. The first-order chi connectivity index (χ1) is 9.94. The summed E-state index contributed by atoms with van der Waals surface area (Å²) in [5, 5.41) is 3.58. The molecule has 0 fully saturated rings. The van der Waals surface area contributed by atoms with Gasteiger partial charge in [-0.2, -0.15) is 0 Å². The van der Waals surface area contributed by atoms with E-state index >= 15 is 0 Å². The van der Waals surface area contributed by atoms with Crippen LogP contribution in [0.5, 0.6) is 17.2 Å². The van der Waals surface area contributed by atoms with Gasteiger partial charge in [-0.05, 0) is 18.4 Å². The van der Waals surface area contributed by atoms with E-state index < -0.39 is 0 Å². The number of hydrogen-bond donors (Lipinski definition) is 1. The molecular weight excluding hydrogens is 266 g/mol. The van der Waals surface area contributed by atoms with Gasteiger partial charge in [0.1, 0.15) is 17.2 Å². The normalized spacial score (nSPS) is 12.9. The van der Waals surface area contributed by atoms with Crippen molar-refractivity contribution in [3.63, 3.8) is 0 Å². The maximum absolute atomic E-state index is 5.60. The molecule has 1 atom stereocenters. The minimum absolute atomic E-state index is 0.0746. The molecule has 1 N–H and O–H groups in total. The number of rotatable bonds is 8. The highest BCUT2D eigenvalue weighted by atomic mass is 16.5. The fourth-order valence-corrected chi connectivity index (χ4v) is 2.49. The monoisotopic (exact) mass is 295 g/mol. The Kier molecular flexibility index (Phi) is 6.34. The maximum atomic E-state index is 5.60. The third-order valence-electron chi connectivity index (χ3n) is 4.14. The van der Waals surface area contributed by atoms with Crippen molar-refractivity contribution in [1.82, 2.24) is 5.32 Å². The molecule has 0 spiro atoms. The number of ether oxygens (including phenoxy) is 3. The van der Waals surface area contributed by atoms with Crippen molar-refractivity contribution in [2.24, 2.45) is 5.41 Å². The summed E-state index contributed by atoms with van der Waals surface area (Å²) in [6.07, 6.45) is 1.04. The Balaban J connectivity index is 3.48. The fraction of sp³-hybridized carbons (Fsp3) is 0.647. The van der Waals surface area contributed by atoms with Gasteiger partial charge in [0, 0.05) is 18.2 Å². The predicted molar refractivity (Wildman–Crippen MR) is 86.6 cm³/mol. The Morgan fingerprint density at radius 3 is 1.86 bits per heavy atom. The van der Waals surface area contributed by atoms with Gasteiger partial charge in [-0.25, -0.2) is 0 Å². The second kappa shape index (κ2) is 7.55. The van der Waals surface area contributed by atoms with Crippen LogP contribution in [0.1, 0.15) is 45.7 Å². The lowest BCUT2D eigenvalue weighted by atomic mass is 9.77. The van der Waals surface area contributed by atoms with Crippen molar-refractivity contribution in [3.8, 4) is 17.2 Å².